The molecule has 2 atom stereocenters. The molecule has 1 N–H and O–H groups in total. The molecule has 332 valence electrons. The number of aromatic nitrogens is 1. The standard InChI is InChI=1S/C47H60N6O7S2/c1-9-31-18-36(52(5)27-31)25-49-33-12-13-41(56-6)43(22-33)59-29-34-20-38(58-17-11-16-48-45(54)14-15-47(3,4)62-61-8)21-35(51-34)30-60-44-24-40-39(23-42(44)57-7)46(55)53-28-32(10-2)19-37(53)26-50-40/h9-10,12-13,20-26,36-37H,11,14-19,27-30H2,1-8H3,(H,48,54)/b31-9+,32-10+,49-25?. The number of carbonyl (C=O) groups excluding carboxylic acids is 2. The summed E-state index contributed by atoms with van der Waals surface area (Å²) in [6.07, 6.45) is 13.7. The number of aliphatic imine (C=N–C) groups is 2. The van der Waals surface area contributed by atoms with E-state index in [1.807, 2.05) is 54.6 Å². The molecule has 3 aliphatic rings. The number of ether oxygens (including phenoxy) is 5. The molecule has 15 heteroatoms. The highest BCUT2D eigenvalue weighted by atomic mass is 33.1. The molecule has 0 aliphatic carbocycles. The number of benzene rings is 2. The SMILES string of the molecule is C/C=C1\CC(C=Nc2ccc(OC)c(OCc3cc(OCCCNC(=O)CCC(C)(C)SSC)cc(COc4cc5c(cc4OC)C(=O)N4C/C(=C/C)CC4C=N5)n3)c2)N(C)C1. The number of amides is 2. The molecule has 6 rings (SSSR count). The summed E-state index contributed by atoms with van der Waals surface area (Å²) in [6, 6.07) is 12.9. The predicted molar refractivity (Wildman–Crippen MR) is 251 cm³/mol. The van der Waals surface area contributed by atoms with Gasteiger partial charge in [-0.05, 0) is 84.9 Å². The van der Waals surface area contributed by atoms with Crippen molar-refractivity contribution in [2.45, 2.75) is 89.8 Å². The summed E-state index contributed by atoms with van der Waals surface area (Å²) in [5.74, 6) is 2.47. The van der Waals surface area contributed by atoms with E-state index in [4.69, 9.17) is 38.7 Å². The Hall–Kier alpha value is -4.99. The largest absolute Gasteiger partial charge is 0.493 e. The van der Waals surface area contributed by atoms with Crippen molar-refractivity contribution in [3.05, 3.63) is 82.7 Å². The van der Waals surface area contributed by atoms with Crippen LogP contribution in [0.25, 0.3) is 0 Å². The van der Waals surface area contributed by atoms with Crippen LogP contribution in [-0.4, -0.2) is 110 Å². The van der Waals surface area contributed by atoms with Crippen molar-refractivity contribution >= 4 is 57.2 Å². The third-order valence-corrected chi connectivity index (χ3v) is 13.8. The fraction of sp³-hybridized carbons (Fsp3) is 0.468. The van der Waals surface area contributed by atoms with Gasteiger partial charge in [-0.3, -0.25) is 29.5 Å². The van der Waals surface area contributed by atoms with Crippen LogP contribution in [0.3, 0.4) is 0 Å². The highest BCUT2D eigenvalue weighted by Crippen LogP contribution is 2.40. The van der Waals surface area contributed by atoms with E-state index in [9.17, 15) is 9.59 Å². The fourth-order valence-corrected chi connectivity index (χ4v) is 9.75. The average Bonchev–Trinajstić information content (AvgIpc) is 3.84. The number of hydrogen-bond donors (Lipinski definition) is 1. The van der Waals surface area contributed by atoms with E-state index >= 15 is 0 Å². The van der Waals surface area contributed by atoms with Crippen molar-refractivity contribution in [3.8, 4) is 28.7 Å². The normalized spacial score (nSPS) is 18.9. The van der Waals surface area contributed by atoms with Gasteiger partial charge < -0.3 is 33.9 Å². The maximum Gasteiger partial charge on any atom is 0.257 e. The summed E-state index contributed by atoms with van der Waals surface area (Å²) >= 11 is 0. The minimum atomic E-state index is -0.0948. The molecule has 4 heterocycles. The van der Waals surface area contributed by atoms with E-state index in [1.54, 1.807) is 47.9 Å². The molecule has 1 aromatic heterocycles. The third kappa shape index (κ3) is 12.3. The molecule has 62 heavy (non-hydrogen) atoms. The summed E-state index contributed by atoms with van der Waals surface area (Å²) in [5, 5.41) is 3.02. The van der Waals surface area contributed by atoms with E-state index in [2.05, 4.69) is 56.4 Å². The van der Waals surface area contributed by atoms with Crippen molar-refractivity contribution < 1.29 is 33.3 Å². The van der Waals surface area contributed by atoms with E-state index in [0.717, 1.165) is 31.5 Å². The molecule has 2 fully saturated rings. The topological polar surface area (TPSA) is 136 Å². The third-order valence-electron chi connectivity index (χ3n) is 11.1. The van der Waals surface area contributed by atoms with E-state index < -0.39 is 0 Å². The molecule has 3 aromatic rings. The molecule has 0 saturated carbocycles. The molecule has 0 radical (unpaired) electrons. The van der Waals surface area contributed by atoms with Crippen LogP contribution < -0.4 is 29.0 Å². The van der Waals surface area contributed by atoms with Crippen molar-refractivity contribution in [1.82, 2.24) is 20.1 Å². The zero-order valence-corrected chi connectivity index (χ0v) is 38.8. The predicted octanol–water partition coefficient (Wildman–Crippen LogP) is 8.94. The van der Waals surface area contributed by atoms with Gasteiger partial charge >= 0.3 is 0 Å². The Morgan fingerprint density at radius 3 is 2.32 bits per heavy atom. The Morgan fingerprint density at radius 2 is 1.65 bits per heavy atom. The van der Waals surface area contributed by atoms with Crippen LogP contribution >= 0.6 is 21.6 Å². The Balaban J connectivity index is 1.16. The number of fused-ring (bicyclic) bond motifs is 2. The maximum absolute atomic E-state index is 13.7. The minimum Gasteiger partial charge on any atom is -0.493 e. The average molecular weight is 885 g/mol. The van der Waals surface area contributed by atoms with Gasteiger partial charge in [0.15, 0.2) is 23.0 Å². The first-order valence-electron chi connectivity index (χ1n) is 21.1. The lowest BCUT2D eigenvalue weighted by atomic mass is 10.1. The summed E-state index contributed by atoms with van der Waals surface area (Å²) in [5.41, 5.74) is 5.54. The smallest absolute Gasteiger partial charge is 0.257 e. The van der Waals surface area contributed by atoms with E-state index in [-0.39, 0.29) is 41.9 Å². The molecular formula is C47H60N6O7S2. The number of nitrogens with zero attached hydrogens (tertiary/aromatic N) is 5. The quantitative estimate of drug-likeness (QED) is 0.0504. The zero-order chi connectivity index (χ0) is 44.2. The summed E-state index contributed by atoms with van der Waals surface area (Å²) in [7, 11) is 8.76. The lowest BCUT2D eigenvalue weighted by Crippen LogP contribution is -2.35. The van der Waals surface area contributed by atoms with Crippen LogP contribution in [-0.2, 0) is 18.0 Å². The highest BCUT2D eigenvalue weighted by molar-refractivity contribution is 8.76. The van der Waals surface area contributed by atoms with Crippen molar-refractivity contribution in [2.24, 2.45) is 9.98 Å². The van der Waals surface area contributed by atoms with Gasteiger partial charge in [-0.1, -0.05) is 44.9 Å². The number of hydrogen-bond acceptors (Lipinski definition) is 13. The van der Waals surface area contributed by atoms with Gasteiger partial charge in [-0.2, -0.15) is 0 Å². The Kier molecular flexibility index (Phi) is 16.4. The van der Waals surface area contributed by atoms with E-state index in [1.165, 1.54) is 11.1 Å². The summed E-state index contributed by atoms with van der Waals surface area (Å²) in [6.45, 7) is 10.9. The van der Waals surface area contributed by atoms with Gasteiger partial charge in [0.05, 0.1) is 55.2 Å². The lowest BCUT2D eigenvalue weighted by molar-refractivity contribution is -0.121. The first-order valence-corrected chi connectivity index (χ1v) is 23.6. The van der Waals surface area contributed by atoms with Crippen LogP contribution in [0.4, 0.5) is 11.4 Å². The van der Waals surface area contributed by atoms with Crippen LogP contribution in [0.15, 0.2) is 75.7 Å². The number of pyridine rings is 1. The Morgan fingerprint density at radius 1 is 0.935 bits per heavy atom. The molecule has 2 saturated heterocycles. The molecule has 2 aromatic carbocycles. The van der Waals surface area contributed by atoms with Gasteiger partial charge in [0, 0.05) is 73.5 Å². The Bertz CT molecular complexity index is 2190. The fourth-order valence-electron chi connectivity index (χ4n) is 7.51. The van der Waals surface area contributed by atoms with Crippen molar-refractivity contribution in [2.75, 3.05) is 53.8 Å². The van der Waals surface area contributed by atoms with Crippen LogP contribution in [0.5, 0.6) is 28.7 Å². The molecule has 2 amide bonds. The maximum atomic E-state index is 13.7. The second-order valence-corrected chi connectivity index (χ2v) is 19.2. The molecule has 2 unspecified atom stereocenters. The second-order valence-electron chi connectivity index (χ2n) is 16.1. The number of nitrogens with one attached hydrogen (secondary N) is 1. The first-order chi connectivity index (χ1) is 29.9. The highest BCUT2D eigenvalue weighted by Gasteiger charge is 2.34. The van der Waals surface area contributed by atoms with Gasteiger partial charge in [0.1, 0.15) is 19.0 Å². The molecule has 0 bridgehead atoms. The van der Waals surface area contributed by atoms with Crippen LogP contribution in [0.1, 0.15) is 81.5 Å². The van der Waals surface area contributed by atoms with Gasteiger partial charge in [-0.15, -0.1) is 0 Å². The second kappa shape index (κ2) is 21.9. The van der Waals surface area contributed by atoms with Gasteiger partial charge in [0.25, 0.3) is 5.91 Å². The van der Waals surface area contributed by atoms with Gasteiger partial charge in [0.2, 0.25) is 5.91 Å². The monoisotopic (exact) mass is 884 g/mol. The summed E-state index contributed by atoms with van der Waals surface area (Å²) < 4.78 is 30.3. The van der Waals surface area contributed by atoms with E-state index in [0.29, 0.717) is 83.9 Å². The Labute approximate surface area is 374 Å². The number of likely N-dealkylation sites (tertiary alicyclic amines) is 1. The number of rotatable bonds is 20. The lowest BCUT2D eigenvalue weighted by Gasteiger charge is -2.21. The van der Waals surface area contributed by atoms with Crippen LogP contribution in [0, 0.1) is 0 Å². The summed E-state index contributed by atoms with van der Waals surface area (Å²) in [4.78, 5) is 44.7. The number of methoxy groups -OCH3 is 2. The van der Waals surface area contributed by atoms with Crippen molar-refractivity contribution in [1.29, 1.82) is 0 Å². The molecule has 13 nitrogen and oxygen atoms in total. The molecule has 3 aliphatic heterocycles. The molecular weight excluding hydrogens is 825 g/mol. The van der Waals surface area contributed by atoms with Crippen LogP contribution in [0.2, 0.25) is 0 Å². The minimum absolute atomic E-state index is 0.0287. The van der Waals surface area contributed by atoms with Gasteiger partial charge in [-0.25, -0.2) is 0 Å². The number of likely N-dealkylation sites (N-methyl/N-ethyl adjacent to an activating group) is 1. The number of carbonyl (C=O) groups is 2. The number of allylic oxidation sites excluding steroid dienone is 2. The molecule has 0 spiro atoms. The first kappa shape index (κ1) is 46.5. The zero-order valence-electron chi connectivity index (χ0n) is 37.2. The van der Waals surface area contributed by atoms with Crippen molar-refractivity contribution in [3.63, 3.8) is 0 Å².